The molecular formula is C23H14BrFN4O3. The first-order valence-electron chi connectivity index (χ1n) is 9.36. The molecule has 0 atom stereocenters. The van der Waals surface area contributed by atoms with Crippen LogP contribution in [0.3, 0.4) is 0 Å². The van der Waals surface area contributed by atoms with E-state index in [1.54, 1.807) is 36.4 Å². The fourth-order valence-electron chi connectivity index (χ4n) is 3.06. The van der Waals surface area contributed by atoms with E-state index in [9.17, 15) is 19.8 Å². The Morgan fingerprint density at radius 3 is 2.72 bits per heavy atom. The molecule has 4 rings (SSSR count). The Hall–Kier alpha value is -4.03. The lowest BCUT2D eigenvalue weighted by Crippen LogP contribution is -1.98. The molecule has 0 fully saturated rings. The summed E-state index contributed by atoms with van der Waals surface area (Å²) in [5.74, 6) is 0.431. The molecular weight excluding hydrogens is 479 g/mol. The second-order valence-electron chi connectivity index (χ2n) is 6.81. The molecule has 0 saturated heterocycles. The standard InChI is InChI=1S/C23H14BrFN4O3/c24-17-3-8-22(32-13-14-1-5-19(6-2-14)29(30)31)15(10-17)9-16(12-26)23-27-20-7-4-18(25)11-21(20)28-23/h1-11H,13H2,(H,27,28)/b16-9-. The molecule has 0 spiro atoms. The number of hydrogen-bond donors (Lipinski definition) is 1. The summed E-state index contributed by atoms with van der Waals surface area (Å²) in [6, 6.07) is 17.7. The van der Waals surface area contributed by atoms with E-state index in [4.69, 9.17) is 4.74 Å². The van der Waals surface area contributed by atoms with Crippen molar-refractivity contribution in [2.24, 2.45) is 0 Å². The zero-order chi connectivity index (χ0) is 22.7. The molecule has 1 aromatic heterocycles. The van der Waals surface area contributed by atoms with Crippen molar-refractivity contribution in [3.05, 3.63) is 98.0 Å². The number of halogens is 2. The van der Waals surface area contributed by atoms with Gasteiger partial charge in [0.2, 0.25) is 0 Å². The molecule has 158 valence electrons. The van der Waals surface area contributed by atoms with Crippen molar-refractivity contribution < 1.29 is 14.1 Å². The number of nitrogens with one attached hydrogen (secondary N) is 1. The summed E-state index contributed by atoms with van der Waals surface area (Å²) in [6.07, 6.45) is 1.63. The zero-order valence-electron chi connectivity index (χ0n) is 16.4. The van der Waals surface area contributed by atoms with Crippen molar-refractivity contribution in [2.45, 2.75) is 6.61 Å². The van der Waals surface area contributed by atoms with Crippen molar-refractivity contribution in [2.75, 3.05) is 0 Å². The maximum absolute atomic E-state index is 13.5. The van der Waals surface area contributed by atoms with Crippen molar-refractivity contribution in [3.8, 4) is 11.8 Å². The quantitative estimate of drug-likeness (QED) is 0.201. The lowest BCUT2D eigenvalue weighted by atomic mass is 10.1. The fourth-order valence-corrected chi connectivity index (χ4v) is 3.44. The van der Waals surface area contributed by atoms with Crippen LogP contribution in [0, 0.1) is 27.3 Å². The molecule has 0 saturated carbocycles. The van der Waals surface area contributed by atoms with Gasteiger partial charge < -0.3 is 9.72 Å². The van der Waals surface area contributed by atoms with Crippen LogP contribution in [-0.2, 0) is 6.61 Å². The monoisotopic (exact) mass is 492 g/mol. The number of H-pyrrole nitrogens is 1. The number of rotatable bonds is 6. The topological polar surface area (TPSA) is 105 Å². The number of nitrogens with zero attached hydrogens (tertiary/aromatic N) is 3. The fraction of sp³-hybridized carbons (Fsp3) is 0.0435. The number of aromatic nitrogens is 2. The van der Waals surface area contributed by atoms with Gasteiger partial charge in [-0.1, -0.05) is 15.9 Å². The molecule has 0 radical (unpaired) electrons. The first-order valence-corrected chi connectivity index (χ1v) is 10.2. The van der Waals surface area contributed by atoms with Gasteiger partial charge in [-0.2, -0.15) is 5.26 Å². The molecule has 0 bridgehead atoms. The highest BCUT2D eigenvalue weighted by molar-refractivity contribution is 9.10. The summed E-state index contributed by atoms with van der Waals surface area (Å²) in [6.45, 7) is 0.187. The first-order chi connectivity index (χ1) is 15.4. The Kier molecular flexibility index (Phi) is 5.96. The van der Waals surface area contributed by atoms with E-state index in [0.717, 1.165) is 10.0 Å². The number of non-ortho nitro benzene ring substituents is 1. The summed E-state index contributed by atoms with van der Waals surface area (Å²) >= 11 is 3.42. The average molecular weight is 493 g/mol. The molecule has 1 N–H and O–H groups in total. The van der Waals surface area contributed by atoms with Gasteiger partial charge in [-0.25, -0.2) is 9.37 Å². The minimum atomic E-state index is -0.460. The number of allylic oxidation sites excluding steroid dienone is 1. The van der Waals surface area contributed by atoms with E-state index in [-0.39, 0.29) is 17.9 Å². The van der Waals surface area contributed by atoms with Crippen molar-refractivity contribution in [3.63, 3.8) is 0 Å². The molecule has 0 aliphatic heterocycles. The Bertz CT molecular complexity index is 1390. The van der Waals surface area contributed by atoms with Crippen molar-refractivity contribution in [1.82, 2.24) is 9.97 Å². The zero-order valence-corrected chi connectivity index (χ0v) is 18.0. The molecule has 9 heteroatoms. The summed E-state index contributed by atoms with van der Waals surface area (Å²) in [4.78, 5) is 17.7. The second-order valence-corrected chi connectivity index (χ2v) is 7.73. The summed E-state index contributed by atoms with van der Waals surface area (Å²) in [5, 5.41) is 20.5. The third kappa shape index (κ3) is 4.66. The number of imidazole rings is 1. The van der Waals surface area contributed by atoms with Crippen LogP contribution in [0.5, 0.6) is 5.75 Å². The first kappa shape index (κ1) is 21.2. The van der Waals surface area contributed by atoms with Crippen LogP contribution in [0.15, 0.2) is 65.1 Å². The number of aromatic amines is 1. The number of ether oxygens (including phenoxy) is 1. The van der Waals surface area contributed by atoms with Gasteiger partial charge in [-0.3, -0.25) is 10.1 Å². The molecule has 4 aromatic rings. The lowest BCUT2D eigenvalue weighted by molar-refractivity contribution is -0.384. The van der Waals surface area contributed by atoms with E-state index in [1.807, 2.05) is 0 Å². The predicted molar refractivity (Wildman–Crippen MR) is 121 cm³/mol. The molecule has 32 heavy (non-hydrogen) atoms. The highest BCUT2D eigenvalue weighted by Crippen LogP contribution is 2.29. The van der Waals surface area contributed by atoms with Gasteiger partial charge in [-0.05, 0) is 60.2 Å². The molecule has 1 heterocycles. The van der Waals surface area contributed by atoms with Crippen LogP contribution in [0.1, 0.15) is 17.0 Å². The van der Waals surface area contributed by atoms with Crippen LogP contribution in [0.2, 0.25) is 0 Å². The Morgan fingerprint density at radius 1 is 1.22 bits per heavy atom. The van der Waals surface area contributed by atoms with Crippen LogP contribution in [-0.4, -0.2) is 14.9 Å². The number of fused-ring (bicyclic) bond motifs is 1. The van der Waals surface area contributed by atoms with Gasteiger partial charge in [-0.15, -0.1) is 0 Å². The predicted octanol–water partition coefficient (Wildman–Crippen LogP) is 6.02. The van der Waals surface area contributed by atoms with E-state index < -0.39 is 10.7 Å². The summed E-state index contributed by atoms with van der Waals surface area (Å²) < 4.78 is 20.2. The normalized spacial score (nSPS) is 11.3. The van der Waals surface area contributed by atoms with Crippen LogP contribution >= 0.6 is 15.9 Å². The largest absolute Gasteiger partial charge is 0.488 e. The van der Waals surface area contributed by atoms with Crippen LogP contribution < -0.4 is 4.74 Å². The Morgan fingerprint density at radius 2 is 2.00 bits per heavy atom. The number of hydrogen-bond acceptors (Lipinski definition) is 5. The second kappa shape index (κ2) is 8.99. The van der Waals surface area contributed by atoms with Gasteiger partial charge in [0.05, 0.1) is 21.5 Å². The van der Waals surface area contributed by atoms with E-state index in [1.165, 1.54) is 30.3 Å². The maximum atomic E-state index is 13.5. The highest BCUT2D eigenvalue weighted by Gasteiger charge is 2.12. The molecule has 7 nitrogen and oxygen atoms in total. The number of benzene rings is 3. The third-order valence-corrected chi connectivity index (χ3v) is 5.13. The van der Waals surface area contributed by atoms with Gasteiger partial charge in [0, 0.05) is 22.2 Å². The molecule has 0 aliphatic carbocycles. The Balaban J connectivity index is 1.63. The van der Waals surface area contributed by atoms with Gasteiger partial charge in [0.1, 0.15) is 30.1 Å². The van der Waals surface area contributed by atoms with Crippen molar-refractivity contribution >= 4 is 44.3 Å². The van der Waals surface area contributed by atoms with Gasteiger partial charge in [0.25, 0.3) is 5.69 Å². The van der Waals surface area contributed by atoms with Gasteiger partial charge in [0.15, 0.2) is 0 Å². The number of nitriles is 1. The van der Waals surface area contributed by atoms with E-state index >= 15 is 0 Å². The van der Waals surface area contributed by atoms with E-state index in [2.05, 4.69) is 32.0 Å². The van der Waals surface area contributed by atoms with Crippen LogP contribution in [0.25, 0.3) is 22.7 Å². The summed E-state index contributed by atoms with van der Waals surface area (Å²) in [5.41, 5.74) is 2.68. The number of nitro benzene ring substituents is 1. The van der Waals surface area contributed by atoms with E-state index in [0.29, 0.717) is 28.2 Å². The SMILES string of the molecule is N#C/C(=C/c1cc(Br)ccc1OCc1ccc([N+](=O)[O-])cc1)c1nc2ccc(F)cc2[nH]1. The van der Waals surface area contributed by atoms with Gasteiger partial charge >= 0.3 is 0 Å². The lowest BCUT2D eigenvalue weighted by Gasteiger charge is -2.10. The average Bonchev–Trinajstić information content (AvgIpc) is 3.20. The summed E-state index contributed by atoms with van der Waals surface area (Å²) in [7, 11) is 0. The Labute approximate surface area is 190 Å². The number of nitro groups is 1. The smallest absolute Gasteiger partial charge is 0.269 e. The molecule has 0 amide bonds. The van der Waals surface area contributed by atoms with Crippen LogP contribution in [0.4, 0.5) is 10.1 Å². The third-order valence-electron chi connectivity index (χ3n) is 4.63. The minimum absolute atomic E-state index is 0.00499. The molecule has 3 aromatic carbocycles. The molecule has 0 unspecified atom stereocenters. The molecule has 0 aliphatic rings. The van der Waals surface area contributed by atoms with Crippen molar-refractivity contribution in [1.29, 1.82) is 5.26 Å². The maximum Gasteiger partial charge on any atom is 0.269 e. The minimum Gasteiger partial charge on any atom is -0.488 e. The highest BCUT2D eigenvalue weighted by atomic mass is 79.9.